The Hall–Kier alpha value is -3.63. The molecule has 2 N–H and O–H groups in total. The smallest absolute Gasteiger partial charge is 0.266 e. The maximum Gasteiger partial charge on any atom is 0.266 e. The van der Waals surface area contributed by atoms with Crippen molar-refractivity contribution in [3.05, 3.63) is 75.2 Å². The maximum absolute atomic E-state index is 12.9. The minimum atomic E-state index is -0.364. The lowest BCUT2D eigenvalue weighted by Gasteiger charge is -2.09. The van der Waals surface area contributed by atoms with Crippen molar-refractivity contribution in [3.63, 3.8) is 0 Å². The summed E-state index contributed by atoms with van der Waals surface area (Å²) in [6, 6.07) is 14.4. The molecule has 30 heavy (non-hydrogen) atoms. The normalized spacial score (nSPS) is 10.2. The van der Waals surface area contributed by atoms with Gasteiger partial charge in [0.2, 0.25) is 0 Å². The van der Waals surface area contributed by atoms with Crippen LogP contribution in [0.15, 0.2) is 42.5 Å². The second kappa shape index (κ2) is 8.80. The number of hydrogen-bond donors (Lipinski definition) is 2. The number of anilines is 2. The first kappa shape index (κ1) is 21.1. The molecule has 0 saturated carbocycles. The number of nitriles is 1. The summed E-state index contributed by atoms with van der Waals surface area (Å²) >= 11 is 1.09. The zero-order valence-corrected chi connectivity index (χ0v) is 17.9. The summed E-state index contributed by atoms with van der Waals surface area (Å²) in [7, 11) is 1.55. The molecule has 2 amide bonds. The van der Waals surface area contributed by atoms with E-state index in [1.54, 1.807) is 38.3 Å². The number of methoxy groups -OCH3 is 1. The average molecular weight is 420 g/mol. The van der Waals surface area contributed by atoms with E-state index >= 15 is 0 Å². The predicted octanol–water partition coefficient (Wildman–Crippen LogP) is 5.06. The van der Waals surface area contributed by atoms with Gasteiger partial charge in [-0.15, -0.1) is 11.3 Å². The van der Waals surface area contributed by atoms with Crippen LogP contribution in [0.1, 0.15) is 42.3 Å². The van der Waals surface area contributed by atoms with Crippen molar-refractivity contribution >= 4 is 33.8 Å². The van der Waals surface area contributed by atoms with Crippen molar-refractivity contribution in [2.24, 2.45) is 0 Å². The number of ether oxygens (including phenoxy) is 1. The van der Waals surface area contributed by atoms with E-state index in [1.807, 2.05) is 32.0 Å². The number of carbonyl (C=O) groups excluding carboxylic acids is 2. The highest BCUT2D eigenvalue weighted by Crippen LogP contribution is 2.34. The van der Waals surface area contributed by atoms with Gasteiger partial charge in [0.25, 0.3) is 11.8 Å². The van der Waals surface area contributed by atoms with Crippen LogP contribution in [0.2, 0.25) is 0 Å². The van der Waals surface area contributed by atoms with Gasteiger partial charge in [-0.05, 0) is 67.8 Å². The van der Waals surface area contributed by atoms with Crippen LogP contribution in [-0.4, -0.2) is 18.9 Å². The second-order valence-electron chi connectivity index (χ2n) is 6.76. The zero-order chi connectivity index (χ0) is 21.8. The molecule has 0 radical (unpaired) electrons. The topological polar surface area (TPSA) is 91.2 Å². The van der Waals surface area contributed by atoms with Crippen LogP contribution in [0.5, 0.6) is 5.75 Å². The highest BCUT2D eigenvalue weighted by molar-refractivity contribution is 7.18. The molecule has 2 aromatic carbocycles. The first-order valence-corrected chi connectivity index (χ1v) is 10.0. The van der Waals surface area contributed by atoms with Crippen LogP contribution in [0, 0.1) is 32.1 Å². The Morgan fingerprint density at radius 3 is 2.30 bits per heavy atom. The number of nitrogens with zero attached hydrogens (tertiary/aromatic N) is 1. The monoisotopic (exact) mass is 419 g/mol. The van der Waals surface area contributed by atoms with E-state index in [0.717, 1.165) is 28.2 Å². The number of amides is 2. The van der Waals surface area contributed by atoms with Crippen molar-refractivity contribution in [2.75, 3.05) is 17.7 Å². The summed E-state index contributed by atoms with van der Waals surface area (Å²) in [5.74, 6) is -0.0360. The lowest BCUT2D eigenvalue weighted by Crippen LogP contribution is -2.12. The Kier molecular flexibility index (Phi) is 6.19. The molecule has 7 heteroatoms. The Balaban J connectivity index is 1.86. The molecule has 0 aliphatic heterocycles. The third kappa shape index (κ3) is 4.19. The Labute approximate surface area is 179 Å². The zero-order valence-electron chi connectivity index (χ0n) is 17.1. The molecule has 0 bridgehead atoms. The molecule has 1 aromatic heterocycles. The SMILES string of the molecule is COc1ccc(C(=O)Nc2sc(C(=O)Nc3cccc(C)c3C)c(C)c2C#N)cc1. The van der Waals surface area contributed by atoms with Crippen LogP contribution in [0.25, 0.3) is 0 Å². The van der Waals surface area contributed by atoms with Crippen LogP contribution in [0.3, 0.4) is 0 Å². The van der Waals surface area contributed by atoms with E-state index in [0.29, 0.717) is 26.8 Å². The van der Waals surface area contributed by atoms with Crippen molar-refractivity contribution in [1.29, 1.82) is 5.26 Å². The number of thiophene rings is 1. The first-order valence-electron chi connectivity index (χ1n) is 9.22. The van der Waals surface area contributed by atoms with Gasteiger partial charge in [0.15, 0.2) is 0 Å². The van der Waals surface area contributed by atoms with Crippen molar-refractivity contribution in [1.82, 2.24) is 0 Å². The van der Waals surface area contributed by atoms with Gasteiger partial charge in [-0.1, -0.05) is 12.1 Å². The number of aryl methyl sites for hydroxylation is 1. The van der Waals surface area contributed by atoms with E-state index in [1.165, 1.54) is 0 Å². The van der Waals surface area contributed by atoms with Gasteiger partial charge in [0.05, 0.1) is 17.6 Å². The number of rotatable bonds is 5. The molecular weight excluding hydrogens is 398 g/mol. The highest BCUT2D eigenvalue weighted by Gasteiger charge is 2.22. The molecule has 3 aromatic rings. The molecule has 0 unspecified atom stereocenters. The van der Waals surface area contributed by atoms with Crippen LogP contribution >= 0.6 is 11.3 Å². The van der Waals surface area contributed by atoms with Gasteiger partial charge in [0.1, 0.15) is 16.8 Å². The molecule has 152 valence electrons. The molecule has 6 nitrogen and oxygen atoms in total. The maximum atomic E-state index is 12.9. The van der Waals surface area contributed by atoms with E-state index in [2.05, 4.69) is 16.7 Å². The first-order chi connectivity index (χ1) is 14.3. The van der Waals surface area contributed by atoms with Crippen LogP contribution < -0.4 is 15.4 Å². The summed E-state index contributed by atoms with van der Waals surface area (Å²) in [4.78, 5) is 25.8. The molecule has 0 aliphatic rings. The number of benzene rings is 2. The fourth-order valence-corrected chi connectivity index (χ4v) is 3.98. The Morgan fingerprint density at radius 1 is 0.967 bits per heavy atom. The Morgan fingerprint density at radius 2 is 1.67 bits per heavy atom. The summed E-state index contributed by atoms with van der Waals surface area (Å²) in [6.45, 7) is 5.62. The van der Waals surface area contributed by atoms with Gasteiger partial charge in [-0.25, -0.2) is 0 Å². The largest absolute Gasteiger partial charge is 0.497 e. The van der Waals surface area contributed by atoms with Crippen molar-refractivity contribution < 1.29 is 14.3 Å². The van der Waals surface area contributed by atoms with E-state index in [-0.39, 0.29) is 17.4 Å². The molecular formula is C23H21N3O3S. The van der Waals surface area contributed by atoms with Gasteiger partial charge >= 0.3 is 0 Å². The molecule has 0 fully saturated rings. The molecule has 0 atom stereocenters. The van der Waals surface area contributed by atoms with Gasteiger partial charge in [-0.3, -0.25) is 9.59 Å². The molecule has 0 saturated heterocycles. The Bertz CT molecular complexity index is 1160. The van der Waals surface area contributed by atoms with Crippen LogP contribution in [0.4, 0.5) is 10.7 Å². The van der Waals surface area contributed by atoms with Gasteiger partial charge in [0, 0.05) is 11.3 Å². The standard InChI is InChI=1S/C23H21N3O3S/c1-13-6-5-7-19(14(13)2)25-22(28)20-15(3)18(12-24)23(30-20)26-21(27)16-8-10-17(29-4)11-9-16/h5-11H,1-4H3,(H,25,28)(H,26,27). The third-order valence-corrected chi connectivity index (χ3v) is 6.10. The lowest BCUT2D eigenvalue weighted by molar-refractivity contribution is 0.102. The average Bonchev–Trinajstić information content (AvgIpc) is 3.06. The molecule has 1 heterocycles. The fourth-order valence-electron chi connectivity index (χ4n) is 2.94. The minimum absolute atomic E-state index is 0.285. The summed E-state index contributed by atoms with van der Waals surface area (Å²) < 4.78 is 5.10. The number of hydrogen-bond acceptors (Lipinski definition) is 5. The van der Waals surface area contributed by atoms with Gasteiger partial charge in [-0.2, -0.15) is 5.26 Å². The minimum Gasteiger partial charge on any atom is -0.497 e. The predicted molar refractivity (Wildman–Crippen MR) is 119 cm³/mol. The molecule has 0 spiro atoms. The second-order valence-corrected chi connectivity index (χ2v) is 7.78. The van der Waals surface area contributed by atoms with E-state index < -0.39 is 0 Å². The molecule has 0 aliphatic carbocycles. The van der Waals surface area contributed by atoms with E-state index in [4.69, 9.17) is 4.74 Å². The van der Waals surface area contributed by atoms with Crippen LogP contribution in [-0.2, 0) is 0 Å². The summed E-state index contributed by atoms with van der Waals surface area (Å²) in [5.41, 5.74) is 4.01. The number of carbonyl (C=O) groups is 2. The summed E-state index contributed by atoms with van der Waals surface area (Å²) in [5, 5.41) is 15.6. The van der Waals surface area contributed by atoms with Crippen molar-refractivity contribution in [3.8, 4) is 11.8 Å². The fraction of sp³-hybridized carbons (Fsp3) is 0.174. The highest BCUT2D eigenvalue weighted by atomic mass is 32.1. The summed E-state index contributed by atoms with van der Waals surface area (Å²) in [6.07, 6.45) is 0. The lowest BCUT2D eigenvalue weighted by atomic mass is 10.1. The third-order valence-electron chi connectivity index (χ3n) is 4.90. The van der Waals surface area contributed by atoms with Crippen molar-refractivity contribution in [2.45, 2.75) is 20.8 Å². The van der Waals surface area contributed by atoms with Gasteiger partial charge < -0.3 is 15.4 Å². The quantitative estimate of drug-likeness (QED) is 0.605. The number of nitrogens with one attached hydrogen (secondary N) is 2. The molecule has 3 rings (SSSR count). The van der Waals surface area contributed by atoms with E-state index in [9.17, 15) is 14.9 Å².